The van der Waals surface area contributed by atoms with Crippen molar-refractivity contribution in [1.29, 1.82) is 0 Å². The summed E-state index contributed by atoms with van der Waals surface area (Å²) in [6, 6.07) is 1.84. The summed E-state index contributed by atoms with van der Waals surface area (Å²) in [6.45, 7) is 3.94. The molecule has 2 aliphatic rings. The Morgan fingerprint density at radius 2 is 1.81 bits per heavy atom. The van der Waals surface area contributed by atoms with Crippen LogP contribution < -0.4 is 15.1 Å². The van der Waals surface area contributed by atoms with Gasteiger partial charge in [0.2, 0.25) is 5.95 Å². The second-order valence-electron chi connectivity index (χ2n) is 10.8. The van der Waals surface area contributed by atoms with E-state index in [1.54, 1.807) is 37.4 Å². The van der Waals surface area contributed by atoms with Gasteiger partial charge in [0.1, 0.15) is 0 Å². The zero-order chi connectivity index (χ0) is 29.7. The number of aromatic nitrogens is 6. The fourth-order valence-corrected chi connectivity index (χ4v) is 5.38. The van der Waals surface area contributed by atoms with Crippen molar-refractivity contribution in [2.75, 3.05) is 42.3 Å². The zero-order valence-corrected chi connectivity index (χ0v) is 23.7. The van der Waals surface area contributed by atoms with E-state index in [0.29, 0.717) is 5.69 Å². The van der Waals surface area contributed by atoms with E-state index >= 15 is 0 Å². The number of nitrogens with zero attached hydrogens (tertiary/aromatic N) is 8. The fourth-order valence-electron chi connectivity index (χ4n) is 5.22. The third kappa shape index (κ3) is 5.24. The highest BCUT2D eigenvalue weighted by molar-refractivity contribution is 6.31. The molecule has 1 saturated heterocycles. The number of hydrogen-bond acceptors (Lipinski definition) is 8. The lowest BCUT2D eigenvalue weighted by Crippen LogP contribution is -2.24. The number of carbonyl (C=O) groups excluding carboxylic acids is 1. The monoisotopic (exact) mass is 597 g/mol. The minimum Gasteiger partial charge on any atom is -0.361 e. The number of anilines is 3. The highest BCUT2D eigenvalue weighted by Gasteiger charge is 2.45. The molecule has 42 heavy (non-hydrogen) atoms. The van der Waals surface area contributed by atoms with Gasteiger partial charge in [-0.15, -0.1) is 0 Å². The Kier molecular flexibility index (Phi) is 7.21. The summed E-state index contributed by atoms with van der Waals surface area (Å²) in [7, 11) is 3.29. The standard InChI is InChI=1S/C28H27ClF3N9O/c1-14(17-7-34-28(35-8-17)40-11-15-6-16(15)12-40)41-13-18(9-36-41)37-27(42)24-26(39(2)3)33-10-21(38-24)22-19(25(31)32)4-5-20(29)23(22)30/h4-5,7-10,13-16,25H,6,11-12H2,1-3H3,(H,37,42). The fraction of sp³-hybridized carbons (Fsp3) is 0.357. The largest absolute Gasteiger partial charge is 0.361 e. The van der Waals surface area contributed by atoms with Crippen LogP contribution in [-0.4, -0.2) is 62.8 Å². The Bertz CT molecular complexity index is 1640. The van der Waals surface area contributed by atoms with E-state index in [0.717, 1.165) is 54.8 Å². The molecule has 1 aliphatic carbocycles. The molecule has 14 heteroatoms. The van der Waals surface area contributed by atoms with Gasteiger partial charge in [0.05, 0.1) is 34.8 Å². The molecule has 2 fully saturated rings. The first-order chi connectivity index (χ1) is 20.1. The van der Waals surface area contributed by atoms with Crippen LogP contribution in [0.15, 0.2) is 43.1 Å². The predicted octanol–water partition coefficient (Wildman–Crippen LogP) is 5.24. The molecule has 1 N–H and O–H groups in total. The first-order valence-corrected chi connectivity index (χ1v) is 13.7. The summed E-state index contributed by atoms with van der Waals surface area (Å²) in [5.74, 6) is 0.686. The van der Waals surface area contributed by atoms with Crippen molar-refractivity contribution < 1.29 is 18.0 Å². The van der Waals surface area contributed by atoms with Crippen molar-refractivity contribution >= 4 is 35.0 Å². The van der Waals surface area contributed by atoms with Crippen LogP contribution in [0.2, 0.25) is 5.02 Å². The quantitative estimate of drug-likeness (QED) is 0.294. The summed E-state index contributed by atoms with van der Waals surface area (Å²) < 4.78 is 44.0. The Hall–Kier alpha value is -4.26. The maximum Gasteiger partial charge on any atom is 0.278 e. The third-order valence-corrected chi connectivity index (χ3v) is 7.96. The number of hydrogen-bond donors (Lipinski definition) is 1. The molecule has 1 saturated carbocycles. The van der Waals surface area contributed by atoms with Crippen LogP contribution in [0.1, 0.15) is 47.4 Å². The van der Waals surface area contributed by atoms with E-state index in [2.05, 4.69) is 35.3 Å². The highest BCUT2D eigenvalue weighted by Crippen LogP contribution is 2.45. The van der Waals surface area contributed by atoms with Crippen molar-refractivity contribution in [2.24, 2.45) is 11.8 Å². The molecule has 0 bridgehead atoms. The number of halogens is 4. The van der Waals surface area contributed by atoms with Crippen molar-refractivity contribution in [1.82, 2.24) is 29.7 Å². The van der Waals surface area contributed by atoms with Crippen LogP contribution in [0.4, 0.5) is 30.6 Å². The van der Waals surface area contributed by atoms with Gasteiger partial charge in [0, 0.05) is 62.5 Å². The molecular weight excluding hydrogens is 571 g/mol. The van der Waals surface area contributed by atoms with E-state index in [1.807, 2.05) is 6.92 Å². The lowest BCUT2D eigenvalue weighted by atomic mass is 10.0. The van der Waals surface area contributed by atoms with E-state index in [-0.39, 0.29) is 28.3 Å². The lowest BCUT2D eigenvalue weighted by molar-refractivity contribution is 0.102. The van der Waals surface area contributed by atoms with Gasteiger partial charge in [0.25, 0.3) is 12.3 Å². The summed E-state index contributed by atoms with van der Waals surface area (Å²) >= 11 is 5.87. The lowest BCUT2D eigenvalue weighted by Gasteiger charge is -2.18. The van der Waals surface area contributed by atoms with Gasteiger partial charge in [-0.3, -0.25) is 9.48 Å². The molecule has 1 amide bonds. The number of benzene rings is 1. The zero-order valence-electron chi connectivity index (χ0n) is 23.0. The number of amides is 1. The number of rotatable bonds is 8. The molecule has 0 radical (unpaired) electrons. The minimum absolute atomic E-state index is 0.158. The van der Waals surface area contributed by atoms with Gasteiger partial charge < -0.3 is 15.1 Å². The second-order valence-corrected chi connectivity index (χ2v) is 11.2. The summed E-state index contributed by atoms with van der Waals surface area (Å²) in [5, 5.41) is 6.74. The topological polar surface area (TPSA) is 105 Å². The average molecular weight is 598 g/mol. The normalized spacial score (nSPS) is 18.2. The summed E-state index contributed by atoms with van der Waals surface area (Å²) in [4.78, 5) is 34.7. The number of fused-ring (bicyclic) bond motifs is 1. The van der Waals surface area contributed by atoms with E-state index in [9.17, 15) is 18.0 Å². The number of carbonyl (C=O) groups is 1. The van der Waals surface area contributed by atoms with Gasteiger partial charge in [-0.1, -0.05) is 17.7 Å². The van der Waals surface area contributed by atoms with Crippen molar-refractivity contribution in [3.05, 3.63) is 70.8 Å². The Balaban J connectivity index is 1.22. The number of nitrogens with one attached hydrogen (secondary N) is 1. The van der Waals surface area contributed by atoms with Crippen LogP contribution in [-0.2, 0) is 0 Å². The Morgan fingerprint density at radius 1 is 1.10 bits per heavy atom. The smallest absolute Gasteiger partial charge is 0.278 e. The second kappa shape index (κ2) is 10.9. The molecule has 10 nitrogen and oxygen atoms in total. The maximum absolute atomic E-state index is 14.9. The van der Waals surface area contributed by atoms with Crippen molar-refractivity contribution in [2.45, 2.75) is 25.8 Å². The number of alkyl halides is 2. The molecule has 0 spiro atoms. The van der Waals surface area contributed by atoms with Crippen LogP contribution in [0.25, 0.3) is 11.3 Å². The molecule has 3 atom stereocenters. The molecule has 3 unspecified atom stereocenters. The molecule has 218 valence electrons. The molecule has 4 heterocycles. The molecule has 1 aliphatic heterocycles. The SMILES string of the molecule is CC(c1cnc(N2CC3CC3C2)nc1)n1cc(NC(=O)c2nc(-c3c(C(F)F)ccc(Cl)c3F)cnc2N(C)C)cn1. The van der Waals surface area contributed by atoms with E-state index < -0.39 is 29.3 Å². The summed E-state index contributed by atoms with van der Waals surface area (Å²) in [6.07, 6.45) is 6.11. The Labute approximate surface area is 244 Å². The maximum atomic E-state index is 14.9. The molecule has 4 aromatic rings. The van der Waals surface area contributed by atoms with Crippen LogP contribution in [0.3, 0.4) is 0 Å². The molecular formula is C28H27ClF3N9O. The van der Waals surface area contributed by atoms with Crippen molar-refractivity contribution in [3.63, 3.8) is 0 Å². The van der Waals surface area contributed by atoms with E-state index in [1.165, 1.54) is 17.5 Å². The first kappa shape index (κ1) is 27.9. The Morgan fingerprint density at radius 3 is 2.48 bits per heavy atom. The van der Waals surface area contributed by atoms with Gasteiger partial charge in [-0.05, 0) is 31.2 Å². The predicted molar refractivity (Wildman–Crippen MR) is 152 cm³/mol. The third-order valence-electron chi connectivity index (χ3n) is 7.67. The molecule has 3 aromatic heterocycles. The van der Waals surface area contributed by atoms with E-state index in [4.69, 9.17) is 11.6 Å². The van der Waals surface area contributed by atoms with Gasteiger partial charge in [-0.25, -0.2) is 33.1 Å². The van der Waals surface area contributed by atoms with Gasteiger partial charge in [0.15, 0.2) is 17.3 Å². The van der Waals surface area contributed by atoms with Gasteiger partial charge >= 0.3 is 0 Å². The van der Waals surface area contributed by atoms with Crippen molar-refractivity contribution in [3.8, 4) is 11.3 Å². The highest BCUT2D eigenvalue weighted by atomic mass is 35.5. The van der Waals surface area contributed by atoms with Gasteiger partial charge in [-0.2, -0.15) is 5.10 Å². The molecule has 1 aromatic carbocycles. The van der Waals surface area contributed by atoms with Crippen LogP contribution in [0.5, 0.6) is 0 Å². The minimum atomic E-state index is -3.00. The average Bonchev–Trinajstić information content (AvgIpc) is 3.34. The first-order valence-electron chi connectivity index (χ1n) is 13.3. The summed E-state index contributed by atoms with van der Waals surface area (Å²) in [5.41, 5.74) is -0.364. The van der Waals surface area contributed by atoms with Crippen LogP contribution >= 0.6 is 11.6 Å². The number of piperidine rings is 1. The molecule has 6 rings (SSSR count). The van der Waals surface area contributed by atoms with Crippen LogP contribution in [0, 0.1) is 17.7 Å².